The van der Waals surface area contributed by atoms with Gasteiger partial charge in [0, 0.05) is 16.3 Å². The molecule has 1 amide bonds. The van der Waals surface area contributed by atoms with Crippen LogP contribution in [-0.4, -0.2) is 25.6 Å². The van der Waals surface area contributed by atoms with Crippen LogP contribution in [0.25, 0.3) is 0 Å². The Labute approximate surface area is 185 Å². The molecule has 0 heterocycles. The average molecular weight is 440 g/mol. The van der Waals surface area contributed by atoms with E-state index < -0.39 is 18.5 Å². The maximum atomic E-state index is 12.4. The van der Waals surface area contributed by atoms with Gasteiger partial charge in [-0.2, -0.15) is 0 Å². The zero-order valence-electron chi connectivity index (χ0n) is 17.2. The minimum atomic E-state index is -0.643. The fraction of sp³-hybridized carbons (Fsp3) is 0.167. The third-order valence-electron chi connectivity index (χ3n) is 4.49. The maximum absolute atomic E-state index is 12.4. The molecule has 0 radical (unpaired) electrons. The van der Waals surface area contributed by atoms with Crippen molar-refractivity contribution in [3.63, 3.8) is 0 Å². The lowest BCUT2D eigenvalue weighted by Crippen LogP contribution is -2.21. The summed E-state index contributed by atoms with van der Waals surface area (Å²) >= 11 is 6.15. The number of halogens is 1. The van der Waals surface area contributed by atoms with Crippen LogP contribution in [0.4, 0.5) is 5.69 Å². The van der Waals surface area contributed by atoms with Gasteiger partial charge in [-0.1, -0.05) is 48.0 Å². The van der Waals surface area contributed by atoms with E-state index in [-0.39, 0.29) is 12.2 Å². The molecule has 0 aliphatic carbocycles. The lowest BCUT2D eigenvalue weighted by molar-refractivity contribution is -0.119. The number of esters is 1. The summed E-state index contributed by atoms with van der Waals surface area (Å²) in [4.78, 5) is 24.4. The second-order valence-electron chi connectivity index (χ2n) is 6.68. The summed E-state index contributed by atoms with van der Waals surface area (Å²) in [6, 6.07) is 19.4. The number of ether oxygens (including phenoxy) is 3. The van der Waals surface area contributed by atoms with Gasteiger partial charge >= 0.3 is 5.97 Å². The standard InChI is InChI=1S/C24H22ClNO5/c1-16-7-3-6-10-20(16)26-23(27)15-31-24(28)17-11-12-21(22(13-17)29-2)30-14-18-8-4-5-9-19(18)25/h3-13H,14-15H2,1-2H3,(H,26,27). The van der Waals surface area contributed by atoms with Crippen molar-refractivity contribution in [3.05, 3.63) is 88.4 Å². The number of para-hydroxylation sites is 1. The van der Waals surface area contributed by atoms with Crippen molar-refractivity contribution in [2.75, 3.05) is 19.0 Å². The summed E-state index contributed by atoms with van der Waals surface area (Å²) in [6.07, 6.45) is 0. The maximum Gasteiger partial charge on any atom is 0.338 e. The fourth-order valence-corrected chi connectivity index (χ4v) is 2.99. The van der Waals surface area contributed by atoms with E-state index in [1.807, 2.05) is 43.3 Å². The van der Waals surface area contributed by atoms with E-state index in [2.05, 4.69) is 5.32 Å². The molecular weight excluding hydrogens is 418 g/mol. The fourth-order valence-electron chi connectivity index (χ4n) is 2.80. The molecule has 0 unspecified atom stereocenters. The molecule has 3 aromatic rings. The number of methoxy groups -OCH3 is 1. The molecule has 1 N–H and O–H groups in total. The van der Waals surface area contributed by atoms with E-state index >= 15 is 0 Å². The van der Waals surface area contributed by atoms with E-state index in [1.165, 1.54) is 13.2 Å². The first-order valence-electron chi connectivity index (χ1n) is 9.55. The minimum absolute atomic E-state index is 0.241. The highest BCUT2D eigenvalue weighted by atomic mass is 35.5. The van der Waals surface area contributed by atoms with Gasteiger partial charge in [0.05, 0.1) is 12.7 Å². The number of rotatable bonds is 8. The smallest absolute Gasteiger partial charge is 0.338 e. The van der Waals surface area contributed by atoms with Gasteiger partial charge in [-0.05, 0) is 42.8 Å². The molecule has 0 fully saturated rings. The van der Waals surface area contributed by atoms with Gasteiger partial charge < -0.3 is 19.5 Å². The minimum Gasteiger partial charge on any atom is -0.493 e. The summed E-state index contributed by atoms with van der Waals surface area (Å²) in [7, 11) is 1.47. The Morgan fingerprint density at radius 3 is 2.45 bits per heavy atom. The van der Waals surface area contributed by atoms with Gasteiger partial charge in [0.15, 0.2) is 18.1 Å². The second kappa shape index (κ2) is 10.5. The van der Waals surface area contributed by atoms with Crippen LogP contribution in [0, 0.1) is 6.92 Å². The third kappa shape index (κ3) is 5.99. The van der Waals surface area contributed by atoms with Gasteiger partial charge in [-0.15, -0.1) is 0 Å². The largest absolute Gasteiger partial charge is 0.493 e. The van der Waals surface area contributed by atoms with E-state index in [0.717, 1.165) is 11.1 Å². The predicted molar refractivity (Wildman–Crippen MR) is 119 cm³/mol. The molecule has 0 aliphatic heterocycles. The molecule has 160 valence electrons. The summed E-state index contributed by atoms with van der Waals surface area (Å²) in [6.45, 7) is 1.72. The zero-order chi connectivity index (χ0) is 22.2. The number of hydrogen-bond donors (Lipinski definition) is 1. The summed E-state index contributed by atoms with van der Waals surface area (Å²) in [5, 5.41) is 3.32. The summed E-state index contributed by atoms with van der Waals surface area (Å²) in [5.41, 5.74) is 2.66. The van der Waals surface area contributed by atoms with Crippen molar-refractivity contribution in [3.8, 4) is 11.5 Å². The van der Waals surface area contributed by atoms with Crippen LogP contribution in [0.1, 0.15) is 21.5 Å². The van der Waals surface area contributed by atoms with Crippen LogP contribution in [0.5, 0.6) is 11.5 Å². The van der Waals surface area contributed by atoms with Gasteiger partial charge in [-0.3, -0.25) is 4.79 Å². The van der Waals surface area contributed by atoms with Crippen molar-refractivity contribution < 1.29 is 23.8 Å². The van der Waals surface area contributed by atoms with Crippen LogP contribution in [0.3, 0.4) is 0 Å². The topological polar surface area (TPSA) is 73.9 Å². The number of carbonyl (C=O) groups is 2. The first kappa shape index (κ1) is 22.2. The molecule has 31 heavy (non-hydrogen) atoms. The molecular formula is C24H22ClNO5. The van der Waals surface area contributed by atoms with Crippen LogP contribution in [-0.2, 0) is 16.1 Å². The predicted octanol–water partition coefficient (Wildman–Crippen LogP) is 5.03. The number of carbonyl (C=O) groups excluding carboxylic acids is 2. The van der Waals surface area contributed by atoms with Crippen LogP contribution in [0.2, 0.25) is 5.02 Å². The van der Waals surface area contributed by atoms with Crippen molar-refractivity contribution >= 4 is 29.2 Å². The lowest BCUT2D eigenvalue weighted by Gasteiger charge is -2.13. The van der Waals surface area contributed by atoms with Crippen molar-refractivity contribution in [1.82, 2.24) is 0 Å². The Hall–Kier alpha value is -3.51. The SMILES string of the molecule is COc1cc(C(=O)OCC(=O)Nc2ccccc2C)ccc1OCc1ccccc1Cl. The average Bonchev–Trinajstić information content (AvgIpc) is 2.78. The molecule has 6 nitrogen and oxygen atoms in total. The van der Waals surface area contributed by atoms with E-state index in [1.54, 1.807) is 24.3 Å². The second-order valence-corrected chi connectivity index (χ2v) is 7.09. The number of benzene rings is 3. The van der Waals surface area contributed by atoms with E-state index in [4.69, 9.17) is 25.8 Å². The molecule has 0 atom stereocenters. The van der Waals surface area contributed by atoms with Crippen molar-refractivity contribution in [2.24, 2.45) is 0 Å². The molecule has 0 aromatic heterocycles. The normalized spacial score (nSPS) is 10.3. The Kier molecular flexibility index (Phi) is 7.51. The molecule has 0 spiro atoms. The third-order valence-corrected chi connectivity index (χ3v) is 4.86. The van der Waals surface area contributed by atoms with Gasteiger partial charge in [0.1, 0.15) is 6.61 Å². The molecule has 0 aliphatic rings. The van der Waals surface area contributed by atoms with Crippen molar-refractivity contribution in [2.45, 2.75) is 13.5 Å². The number of hydrogen-bond acceptors (Lipinski definition) is 5. The quantitative estimate of drug-likeness (QED) is 0.498. The highest BCUT2D eigenvalue weighted by molar-refractivity contribution is 6.31. The number of anilines is 1. The zero-order valence-corrected chi connectivity index (χ0v) is 17.9. The Bertz CT molecular complexity index is 1080. The van der Waals surface area contributed by atoms with E-state index in [0.29, 0.717) is 22.2 Å². The molecule has 0 bridgehead atoms. The Balaban J connectivity index is 1.59. The molecule has 7 heteroatoms. The van der Waals surface area contributed by atoms with Gasteiger partial charge in [-0.25, -0.2) is 4.79 Å². The monoisotopic (exact) mass is 439 g/mol. The first-order chi connectivity index (χ1) is 15.0. The summed E-state index contributed by atoms with van der Waals surface area (Å²) in [5.74, 6) is -0.243. The van der Waals surface area contributed by atoms with Crippen LogP contribution in [0.15, 0.2) is 66.7 Å². The van der Waals surface area contributed by atoms with Crippen LogP contribution >= 0.6 is 11.6 Å². The Morgan fingerprint density at radius 2 is 1.71 bits per heavy atom. The molecule has 3 rings (SSSR count). The number of aryl methyl sites for hydroxylation is 1. The van der Waals surface area contributed by atoms with Gasteiger partial charge in [0.25, 0.3) is 5.91 Å². The number of nitrogens with one attached hydrogen (secondary N) is 1. The van der Waals surface area contributed by atoms with Gasteiger partial charge in [0.2, 0.25) is 0 Å². The lowest BCUT2D eigenvalue weighted by atomic mass is 10.2. The number of amides is 1. The Morgan fingerprint density at radius 1 is 0.968 bits per heavy atom. The molecule has 3 aromatic carbocycles. The summed E-state index contributed by atoms with van der Waals surface area (Å²) < 4.78 is 16.2. The van der Waals surface area contributed by atoms with E-state index in [9.17, 15) is 9.59 Å². The first-order valence-corrected chi connectivity index (χ1v) is 9.92. The molecule has 0 saturated carbocycles. The highest BCUT2D eigenvalue weighted by Crippen LogP contribution is 2.30. The molecule has 0 saturated heterocycles. The van der Waals surface area contributed by atoms with Crippen LogP contribution < -0.4 is 14.8 Å². The van der Waals surface area contributed by atoms with Crippen molar-refractivity contribution in [1.29, 1.82) is 0 Å². The highest BCUT2D eigenvalue weighted by Gasteiger charge is 2.15.